The van der Waals surface area contributed by atoms with Crippen molar-refractivity contribution in [1.82, 2.24) is 9.78 Å². The highest BCUT2D eigenvalue weighted by Gasteiger charge is 2.26. The molecule has 0 N–H and O–H groups in total. The Morgan fingerprint density at radius 1 is 1.45 bits per heavy atom. The molecule has 1 aliphatic heterocycles. The van der Waals surface area contributed by atoms with Crippen molar-refractivity contribution >= 4 is 0 Å². The number of fused-ring (bicyclic) bond motifs is 1. The van der Waals surface area contributed by atoms with Crippen LogP contribution < -0.4 is 4.74 Å². The van der Waals surface area contributed by atoms with Gasteiger partial charge in [-0.2, -0.15) is 5.10 Å². The van der Waals surface area contributed by atoms with Crippen LogP contribution >= 0.6 is 0 Å². The number of ether oxygens (including phenoxy) is 2. The molecule has 0 spiro atoms. The minimum atomic E-state index is -0.264. The van der Waals surface area contributed by atoms with Crippen LogP contribution in [0.1, 0.15) is 5.56 Å². The number of hydrogen-bond acceptors (Lipinski definition) is 3. The number of aromatic nitrogens is 2. The maximum atomic E-state index is 13.9. The monoisotopic (exact) mass is 276 g/mol. The van der Waals surface area contributed by atoms with Crippen molar-refractivity contribution in [3.05, 3.63) is 35.6 Å². The average Bonchev–Trinajstić information content (AvgIpc) is 2.77. The molecule has 0 radical (unpaired) electrons. The fourth-order valence-corrected chi connectivity index (χ4v) is 2.58. The van der Waals surface area contributed by atoms with E-state index in [1.807, 2.05) is 17.7 Å². The van der Waals surface area contributed by atoms with Gasteiger partial charge in [-0.3, -0.25) is 0 Å². The van der Waals surface area contributed by atoms with Crippen molar-refractivity contribution in [2.75, 3.05) is 20.3 Å². The van der Waals surface area contributed by atoms with Gasteiger partial charge >= 0.3 is 0 Å². The third-order valence-corrected chi connectivity index (χ3v) is 3.55. The second-order valence-corrected chi connectivity index (χ2v) is 5.07. The summed E-state index contributed by atoms with van der Waals surface area (Å²) in [5.74, 6) is 0.746. The maximum absolute atomic E-state index is 13.9. The third-order valence-electron chi connectivity index (χ3n) is 3.55. The van der Waals surface area contributed by atoms with E-state index in [0.29, 0.717) is 24.5 Å². The Kier molecular flexibility index (Phi) is 3.44. The molecule has 0 fully saturated rings. The molecule has 1 aromatic heterocycles. The maximum Gasteiger partial charge on any atom is 0.215 e. The molecule has 5 heteroatoms. The predicted molar refractivity (Wildman–Crippen MR) is 73.2 cm³/mol. The van der Waals surface area contributed by atoms with Crippen molar-refractivity contribution in [2.24, 2.45) is 5.92 Å². The quantitative estimate of drug-likeness (QED) is 0.864. The fourth-order valence-electron chi connectivity index (χ4n) is 2.58. The minimum absolute atomic E-state index is 0.264. The molecule has 0 saturated heterocycles. The Balaban J connectivity index is 1.98. The molecule has 0 bridgehead atoms. The lowest BCUT2D eigenvalue weighted by Crippen LogP contribution is -2.29. The van der Waals surface area contributed by atoms with Crippen molar-refractivity contribution in [3.8, 4) is 17.1 Å². The lowest BCUT2D eigenvalue weighted by molar-refractivity contribution is 0.0793. The summed E-state index contributed by atoms with van der Waals surface area (Å²) in [6.45, 7) is 3.89. The molecule has 1 atom stereocenters. The Hall–Kier alpha value is -1.88. The van der Waals surface area contributed by atoms with Crippen molar-refractivity contribution in [3.63, 3.8) is 0 Å². The normalized spacial score (nSPS) is 17.6. The number of halogens is 1. The van der Waals surface area contributed by atoms with Crippen LogP contribution in [0.15, 0.2) is 24.3 Å². The summed E-state index contributed by atoms with van der Waals surface area (Å²) in [7, 11) is 1.68. The summed E-state index contributed by atoms with van der Waals surface area (Å²) in [6.07, 6.45) is 0. The first-order chi connectivity index (χ1) is 9.70. The molecule has 0 saturated carbocycles. The Bertz CT molecular complexity index is 624. The first-order valence-electron chi connectivity index (χ1n) is 6.64. The first-order valence-corrected chi connectivity index (χ1v) is 6.64. The van der Waals surface area contributed by atoms with Crippen LogP contribution in [0.5, 0.6) is 5.88 Å². The van der Waals surface area contributed by atoms with Gasteiger partial charge in [0.25, 0.3) is 0 Å². The van der Waals surface area contributed by atoms with Crippen LogP contribution in [0.25, 0.3) is 11.3 Å². The lowest BCUT2D eigenvalue weighted by atomic mass is 10.1. The molecule has 1 aromatic carbocycles. The molecule has 2 aromatic rings. The van der Waals surface area contributed by atoms with Gasteiger partial charge in [-0.15, -0.1) is 0 Å². The number of rotatable bonds is 3. The van der Waals surface area contributed by atoms with Crippen molar-refractivity contribution in [1.29, 1.82) is 0 Å². The molecular formula is C15H17FN2O2. The van der Waals surface area contributed by atoms with Gasteiger partial charge in [-0.1, -0.05) is 12.1 Å². The second-order valence-electron chi connectivity index (χ2n) is 5.07. The number of hydrogen-bond donors (Lipinski definition) is 0. The van der Waals surface area contributed by atoms with E-state index < -0.39 is 0 Å². The summed E-state index contributed by atoms with van der Waals surface area (Å²) in [4.78, 5) is 0. The Morgan fingerprint density at radius 3 is 3.00 bits per heavy atom. The molecule has 1 aliphatic rings. The average molecular weight is 276 g/mol. The number of benzene rings is 1. The van der Waals surface area contributed by atoms with Crippen LogP contribution in [0.4, 0.5) is 4.39 Å². The zero-order valence-electron chi connectivity index (χ0n) is 11.6. The summed E-state index contributed by atoms with van der Waals surface area (Å²) in [5.41, 5.74) is 2.04. The Labute approximate surface area is 117 Å². The number of methoxy groups -OCH3 is 1. The second kappa shape index (κ2) is 5.25. The molecular weight excluding hydrogens is 259 g/mol. The van der Waals surface area contributed by atoms with E-state index in [1.54, 1.807) is 19.2 Å². The molecule has 106 valence electrons. The zero-order valence-corrected chi connectivity index (χ0v) is 11.6. The van der Waals surface area contributed by atoms with E-state index in [1.165, 1.54) is 6.07 Å². The summed E-state index contributed by atoms with van der Waals surface area (Å²) in [6, 6.07) is 6.67. The standard InChI is InChI=1S/C15H17FN2O2/c1-10-14(12-5-3-4-6-13(12)16)17-18-7-11(8-19-2)9-20-15(10)18/h3-6,11H,7-9H2,1-2H3. The third kappa shape index (κ3) is 2.18. The van der Waals surface area contributed by atoms with Gasteiger partial charge in [0, 0.05) is 24.2 Å². The Morgan fingerprint density at radius 2 is 2.25 bits per heavy atom. The van der Waals surface area contributed by atoms with Gasteiger partial charge in [-0.25, -0.2) is 9.07 Å². The summed E-state index contributed by atoms with van der Waals surface area (Å²) >= 11 is 0. The van der Waals surface area contributed by atoms with E-state index in [-0.39, 0.29) is 11.7 Å². The molecule has 3 rings (SSSR count). The summed E-state index contributed by atoms with van der Waals surface area (Å²) in [5, 5.41) is 4.51. The SMILES string of the molecule is COCC1COc2c(C)c(-c3ccccc3F)nn2C1. The van der Waals surface area contributed by atoms with E-state index in [9.17, 15) is 4.39 Å². The van der Waals surface area contributed by atoms with Gasteiger partial charge in [0.15, 0.2) is 0 Å². The topological polar surface area (TPSA) is 36.3 Å². The van der Waals surface area contributed by atoms with Gasteiger partial charge in [0.05, 0.1) is 19.8 Å². The predicted octanol–water partition coefficient (Wildman–Crippen LogP) is 2.65. The number of nitrogens with zero attached hydrogens (tertiary/aromatic N) is 2. The van der Waals surface area contributed by atoms with Crippen LogP contribution in [0.3, 0.4) is 0 Å². The fraction of sp³-hybridized carbons (Fsp3) is 0.400. The van der Waals surface area contributed by atoms with Gasteiger partial charge in [0.1, 0.15) is 11.5 Å². The lowest BCUT2D eigenvalue weighted by Gasteiger charge is -2.23. The summed E-state index contributed by atoms with van der Waals surface area (Å²) < 4.78 is 26.6. The zero-order chi connectivity index (χ0) is 14.1. The van der Waals surface area contributed by atoms with Gasteiger partial charge in [-0.05, 0) is 19.1 Å². The minimum Gasteiger partial charge on any atom is -0.477 e. The van der Waals surface area contributed by atoms with Crippen LogP contribution in [-0.2, 0) is 11.3 Å². The largest absolute Gasteiger partial charge is 0.477 e. The van der Waals surface area contributed by atoms with Crippen molar-refractivity contribution < 1.29 is 13.9 Å². The van der Waals surface area contributed by atoms with Crippen molar-refractivity contribution in [2.45, 2.75) is 13.5 Å². The molecule has 4 nitrogen and oxygen atoms in total. The molecule has 0 aliphatic carbocycles. The first kappa shape index (κ1) is 13.1. The highest BCUT2D eigenvalue weighted by Crippen LogP contribution is 2.33. The van der Waals surface area contributed by atoms with Gasteiger partial charge < -0.3 is 9.47 Å². The molecule has 20 heavy (non-hydrogen) atoms. The highest BCUT2D eigenvalue weighted by atomic mass is 19.1. The van der Waals surface area contributed by atoms with E-state index in [2.05, 4.69) is 5.10 Å². The van der Waals surface area contributed by atoms with E-state index >= 15 is 0 Å². The van der Waals surface area contributed by atoms with Crippen LogP contribution in [0, 0.1) is 18.7 Å². The molecule has 1 unspecified atom stereocenters. The molecule has 0 amide bonds. The van der Waals surface area contributed by atoms with Crippen LogP contribution in [-0.4, -0.2) is 30.1 Å². The smallest absolute Gasteiger partial charge is 0.215 e. The van der Waals surface area contributed by atoms with Gasteiger partial charge in [0.2, 0.25) is 5.88 Å². The highest BCUT2D eigenvalue weighted by molar-refractivity contribution is 5.65. The molecule has 2 heterocycles. The van der Waals surface area contributed by atoms with E-state index in [0.717, 1.165) is 18.0 Å². The van der Waals surface area contributed by atoms with E-state index in [4.69, 9.17) is 9.47 Å². The van der Waals surface area contributed by atoms with Crippen LogP contribution in [0.2, 0.25) is 0 Å².